The van der Waals surface area contributed by atoms with Crippen LogP contribution in [0.25, 0.3) is 0 Å². The van der Waals surface area contributed by atoms with Crippen LogP contribution in [0.15, 0.2) is 71.2 Å². The van der Waals surface area contributed by atoms with E-state index in [1.165, 1.54) is 5.56 Å². The topological polar surface area (TPSA) is 59.6 Å². The Morgan fingerprint density at radius 3 is 2.44 bits per heavy atom. The summed E-state index contributed by atoms with van der Waals surface area (Å²) in [5.74, 6) is 0.923. The second kappa shape index (κ2) is 13.2. The molecule has 6 heteroatoms. The zero-order valence-electron chi connectivity index (χ0n) is 20.1. The number of benzene rings is 3. The minimum Gasteiger partial charge on any atom is -0.490 e. The van der Waals surface area contributed by atoms with E-state index in [0.29, 0.717) is 30.7 Å². The minimum atomic E-state index is -0.226. The molecule has 0 saturated heterocycles. The highest BCUT2D eigenvalue weighted by Crippen LogP contribution is 2.37. The Labute approximate surface area is 211 Å². The third-order valence-corrected chi connectivity index (χ3v) is 6.00. The van der Waals surface area contributed by atoms with E-state index in [9.17, 15) is 4.79 Å². The lowest BCUT2D eigenvalue weighted by Gasteiger charge is -2.17. The Bertz CT molecular complexity index is 1060. The highest BCUT2D eigenvalue weighted by molar-refractivity contribution is 9.10. The van der Waals surface area contributed by atoms with Crippen LogP contribution in [0.5, 0.6) is 11.5 Å². The molecule has 1 unspecified atom stereocenters. The third kappa shape index (κ3) is 8.19. The number of anilines is 1. The van der Waals surface area contributed by atoms with Gasteiger partial charge in [-0.3, -0.25) is 4.79 Å². The molecule has 3 aromatic carbocycles. The number of carbonyl (C=O) groups excluding carboxylic acids is 1. The summed E-state index contributed by atoms with van der Waals surface area (Å²) in [6, 6.07) is 22.5. The highest BCUT2D eigenvalue weighted by Gasteiger charge is 2.15. The van der Waals surface area contributed by atoms with Crippen LogP contribution in [0.3, 0.4) is 0 Å². The molecule has 0 aliphatic heterocycles. The molecule has 180 valence electrons. The predicted molar refractivity (Wildman–Crippen MR) is 142 cm³/mol. The molecule has 0 heterocycles. The molecule has 0 aliphatic rings. The van der Waals surface area contributed by atoms with E-state index in [1.807, 2.05) is 56.3 Å². The van der Waals surface area contributed by atoms with Gasteiger partial charge in [0.15, 0.2) is 18.1 Å². The molecule has 0 aromatic heterocycles. The molecule has 0 saturated carbocycles. The number of hydrogen-bond acceptors (Lipinski definition) is 4. The summed E-state index contributed by atoms with van der Waals surface area (Å²) in [7, 11) is 0. The van der Waals surface area contributed by atoms with Gasteiger partial charge >= 0.3 is 0 Å². The fourth-order valence-corrected chi connectivity index (χ4v) is 4.12. The first-order valence-corrected chi connectivity index (χ1v) is 12.5. The van der Waals surface area contributed by atoms with Crippen molar-refractivity contribution in [3.63, 3.8) is 0 Å². The fraction of sp³-hybridized carbons (Fsp3) is 0.321. The number of ether oxygens (including phenoxy) is 2. The van der Waals surface area contributed by atoms with Crippen LogP contribution in [-0.2, 0) is 17.8 Å². The third-order valence-electron chi connectivity index (χ3n) is 5.42. The average molecular weight is 525 g/mol. The van der Waals surface area contributed by atoms with Gasteiger partial charge in [-0.25, -0.2) is 0 Å². The molecular formula is C28H33BrN2O3. The Morgan fingerprint density at radius 1 is 1.00 bits per heavy atom. The number of halogens is 1. The van der Waals surface area contributed by atoms with Crippen molar-refractivity contribution in [2.75, 3.05) is 18.5 Å². The number of nitrogens with one attached hydrogen (secondary N) is 2. The highest BCUT2D eigenvalue weighted by atomic mass is 79.9. The standard InChI is InChI=1S/C28H33BrN2O3/c1-4-33-26-17-23(18-30-21(3)12-13-22-8-6-5-7-9-22)16-25(29)28(26)34-19-27(32)31-24-14-10-20(2)11-15-24/h5-11,14-17,21,30H,4,12-13,18-19H2,1-3H3,(H,31,32). The lowest BCUT2D eigenvalue weighted by atomic mass is 10.1. The maximum absolute atomic E-state index is 12.4. The van der Waals surface area contributed by atoms with Crippen molar-refractivity contribution in [1.29, 1.82) is 0 Å². The molecule has 0 spiro atoms. The zero-order valence-corrected chi connectivity index (χ0v) is 21.7. The summed E-state index contributed by atoms with van der Waals surface area (Å²) in [6.45, 7) is 7.24. The number of rotatable bonds is 12. The van der Waals surface area contributed by atoms with Gasteiger partial charge in [0.1, 0.15) is 0 Å². The van der Waals surface area contributed by atoms with Crippen molar-refractivity contribution in [2.45, 2.75) is 46.2 Å². The van der Waals surface area contributed by atoms with E-state index in [2.05, 4.69) is 57.8 Å². The van der Waals surface area contributed by atoms with E-state index in [1.54, 1.807) is 0 Å². The first-order chi connectivity index (χ1) is 16.4. The number of amides is 1. The minimum absolute atomic E-state index is 0.110. The van der Waals surface area contributed by atoms with Gasteiger partial charge in [0.25, 0.3) is 5.91 Å². The molecule has 0 bridgehead atoms. The van der Waals surface area contributed by atoms with Gasteiger partial charge in [-0.15, -0.1) is 0 Å². The normalized spacial score (nSPS) is 11.6. The Morgan fingerprint density at radius 2 is 1.74 bits per heavy atom. The first kappa shape index (κ1) is 25.8. The molecule has 0 aliphatic carbocycles. The van der Waals surface area contributed by atoms with E-state index in [4.69, 9.17) is 9.47 Å². The van der Waals surface area contributed by atoms with Crippen molar-refractivity contribution in [3.8, 4) is 11.5 Å². The Balaban J connectivity index is 1.56. The van der Waals surface area contributed by atoms with E-state index in [-0.39, 0.29) is 12.5 Å². The van der Waals surface area contributed by atoms with Gasteiger partial charge in [0.2, 0.25) is 0 Å². The molecule has 0 fully saturated rings. The summed E-state index contributed by atoms with van der Waals surface area (Å²) in [5.41, 5.74) is 4.31. The SMILES string of the molecule is CCOc1cc(CNC(C)CCc2ccccc2)cc(Br)c1OCC(=O)Nc1ccc(C)cc1. The molecule has 2 N–H and O–H groups in total. The lowest BCUT2D eigenvalue weighted by molar-refractivity contribution is -0.118. The fourth-order valence-electron chi connectivity index (χ4n) is 3.52. The molecule has 34 heavy (non-hydrogen) atoms. The summed E-state index contributed by atoms with van der Waals surface area (Å²) in [5, 5.41) is 6.43. The maximum atomic E-state index is 12.4. The van der Waals surface area contributed by atoms with Gasteiger partial charge in [0.05, 0.1) is 11.1 Å². The monoisotopic (exact) mass is 524 g/mol. The maximum Gasteiger partial charge on any atom is 0.262 e. The smallest absolute Gasteiger partial charge is 0.262 e. The van der Waals surface area contributed by atoms with Crippen LogP contribution >= 0.6 is 15.9 Å². The summed E-state index contributed by atoms with van der Waals surface area (Å²) in [6.07, 6.45) is 2.10. The second-order valence-electron chi connectivity index (χ2n) is 8.35. The molecule has 5 nitrogen and oxygen atoms in total. The Kier molecular flexibility index (Phi) is 9.98. The van der Waals surface area contributed by atoms with E-state index < -0.39 is 0 Å². The van der Waals surface area contributed by atoms with Crippen LogP contribution < -0.4 is 20.1 Å². The van der Waals surface area contributed by atoms with Crippen LogP contribution in [0.2, 0.25) is 0 Å². The van der Waals surface area contributed by atoms with Crippen LogP contribution in [0, 0.1) is 6.92 Å². The summed E-state index contributed by atoms with van der Waals surface area (Å²) in [4.78, 5) is 12.4. The van der Waals surface area contributed by atoms with Crippen LogP contribution in [0.4, 0.5) is 5.69 Å². The number of hydrogen-bond donors (Lipinski definition) is 2. The average Bonchev–Trinajstić information content (AvgIpc) is 2.83. The molecule has 1 amide bonds. The number of carbonyl (C=O) groups is 1. The largest absolute Gasteiger partial charge is 0.490 e. The van der Waals surface area contributed by atoms with Crippen molar-refractivity contribution in [3.05, 3.63) is 87.9 Å². The van der Waals surface area contributed by atoms with Gasteiger partial charge in [-0.1, -0.05) is 48.0 Å². The molecule has 0 radical (unpaired) electrons. The van der Waals surface area contributed by atoms with Crippen molar-refractivity contribution in [2.24, 2.45) is 0 Å². The summed E-state index contributed by atoms with van der Waals surface area (Å²) < 4.78 is 12.4. The van der Waals surface area contributed by atoms with Crippen molar-refractivity contribution >= 4 is 27.5 Å². The van der Waals surface area contributed by atoms with E-state index in [0.717, 1.165) is 34.1 Å². The molecule has 3 aromatic rings. The van der Waals surface area contributed by atoms with Gasteiger partial charge < -0.3 is 20.1 Å². The first-order valence-electron chi connectivity index (χ1n) is 11.7. The van der Waals surface area contributed by atoms with Crippen LogP contribution in [0.1, 0.15) is 37.0 Å². The van der Waals surface area contributed by atoms with Gasteiger partial charge in [-0.05, 0) is 84.9 Å². The van der Waals surface area contributed by atoms with Gasteiger partial charge in [0, 0.05) is 18.3 Å². The summed E-state index contributed by atoms with van der Waals surface area (Å²) >= 11 is 3.60. The molecule has 1 atom stereocenters. The zero-order chi connectivity index (χ0) is 24.3. The predicted octanol–water partition coefficient (Wildman–Crippen LogP) is 6.28. The quantitative estimate of drug-likeness (QED) is 0.292. The lowest BCUT2D eigenvalue weighted by Crippen LogP contribution is -2.26. The molecule has 3 rings (SSSR count). The van der Waals surface area contributed by atoms with Gasteiger partial charge in [-0.2, -0.15) is 0 Å². The van der Waals surface area contributed by atoms with Crippen molar-refractivity contribution in [1.82, 2.24) is 5.32 Å². The van der Waals surface area contributed by atoms with Crippen LogP contribution in [-0.4, -0.2) is 25.2 Å². The van der Waals surface area contributed by atoms with E-state index >= 15 is 0 Å². The Hall–Kier alpha value is -2.83. The number of aryl methyl sites for hydroxylation is 2. The van der Waals surface area contributed by atoms with Crippen molar-refractivity contribution < 1.29 is 14.3 Å². The molecular weight excluding hydrogens is 492 g/mol. The second-order valence-corrected chi connectivity index (χ2v) is 9.20.